The molecule has 2 amide bonds. The maximum absolute atomic E-state index is 13.4. The summed E-state index contributed by atoms with van der Waals surface area (Å²) in [6, 6.07) is 15.1. The highest BCUT2D eigenvalue weighted by Crippen LogP contribution is 2.33. The first-order valence-corrected chi connectivity index (χ1v) is 15.1. The summed E-state index contributed by atoms with van der Waals surface area (Å²) in [5.41, 5.74) is 2.85. The number of esters is 1. The predicted octanol–water partition coefficient (Wildman–Crippen LogP) is 3.89. The Morgan fingerprint density at radius 2 is 1.70 bits per heavy atom. The molecule has 0 spiro atoms. The van der Waals surface area contributed by atoms with Gasteiger partial charge in [0.05, 0.1) is 23.1 Å². The third-order valence-electron chi connectivity index (χ3n) is 7.56. The van der Waals surface area contributed by atoms with Crippen LogP contribution in [-0.2, 0) is 25.0 Å². The number of nitrogens with one attached hydrogen (secondary N) is 1. The van der Waals surface area contributed by atoms with Crippen molar-refractivity contribution in [2.75, 3.05) is 39.8 Å². The first-order valence-electron chi connectivity index (χ1n) is 13.7. The summed E-state index contributed by atoms with van der Waals surface area (Å²) in [6.45, 7) is 11.7. The molecular formula is C30H40N4O5S. The van der Waals surface area contributed by atoms with Gasteiger partial charge in [0.2, 0.25) is 10.0 Å². The standard InChI is InChI=1S/C30H40N4O5S/c1-7-39-28(35)26-25(32(6)29(36)31-27(26)22-13-15-23(16-14-22)30(3,4)5)20-33-17-18-34(21(2)19-33)40(37,38)24-11-9-8-10-12-24/h8-16,21,27H,7,17-20H2,1-6H3,(H,31,36). The SMILES string of the molecule is CCOC(=O)C1=C(CN2CCN(S(=O)(=O)c3ccccc3)C(C)C2)N(C)C(=O)NC1c1ccc(C(C)(C)C)cc1. The minimum atomic E-state index is -3.63. The minimum absolute atomic E-state index is 0.0354. The van der Waals surface area contributed by atoms with E-state index in [0.29, 0.717) is 37.4 Å². The van der Waals surface area contributed by atoms with Gasteiger partial charge in [-0.3, -0.25) is 9.80 Å². The zero-order valence-corrected chi connectivity index (χ0v) is 25.0. The molecule has 2 heterocycles. The van der Waals surface area contributed by atoms with Crippen molar-refractivity contribution in [3.63, 3.8) is 0 Å². The number of amides is 2. The number of benzene rings is 2. The first-order chi connectivity index (χ1) is 18.8. The number of piperazine rings is 1. The van der Waals surface area contributed by atoms with Crippen LogP contribution in [0.4, 0.5) is 4.79 Å². The Morgan fingerprint density at radius 3 is 2.27 bits per heavy atom. The summed E-state index contributed by atoms with van der Waals surface area (Å²) in [4.78, 5) is 30.3. The second-order valence-electron chi connectivity index (χ2n) is 11.4. The van der Waals surface area contributed by atoms with E-state index in [9.17, 15) is 18.0 Å². The van der Waals surface area contributed by atoms with E-state index >= 15 is 0 Å². The van der Waals surface area contributed by atoms with Crippen molar-refractivity contribution in [1.29, 1.82) is 0 Å². The van der Waals surface area contributed by atoms with Crippen molar-refractivity contribution in [3.8, 4) is 0 Å². The van der Waals surface area contributed by atoms with Gasteiger partial charge in [-0.25, -0.2) is 18.0 Å². The van der Waals surface area contributed by atoms with Crippen molar-refractivity contribution in [1.82, 2.24) is 19.4 Å². The molecule has 2 aromatic rings. The zero-order valence-electron chi connectivity index (χ0n) is 24.2. The number of hydrogen-bond donors (Lipinski definition) is 1. The summed E-state index contributed by atoms with van der Waals surface area (Å²) in [6.07, 6.45) is 0. The van der Waals surface area contributed by atoms with Gasteiger partial charge in [0, 0.05) is 45.0 Å². The van der Waals surface area contributed by atoms with E-state index in [-0.39, 0.29) is 29.0 Å². The Morgan fingerprint density at radius 1 is 1.05 bits per heavy atom. The average Bonchev–Trinajstić information content (AvgIpc) is 2.91. The number of ether oxygens (including phenoxy) is 1. The fourth-order valence-corrected chi connectivity index (χ4v) is 6.91. The van der Waals surface area contributed by atoms with Crippen LogP contribution in [0.1, 0.15) is 51.8 Å². The molecule has 10 heteroatoms. The van der Waals surface area contributed by atoms with Crippen LogP contribution in [0.25, 0.3) is 0 Å². The summed E-state index contributed by atoms with van der Waals surface area (Å²) in [5, 5.41) is 2.97. The fraction of sp³-hybridized carbons (Fsp3) is 0.467. The van der Waals surface area contributed by atoms with E-state index in [0.717, 1.165) is 11.1 Å². The van der Waals surface area contributed by atoms with Gasteiger partial charge in [0.25, 0.3) is 0 Å². The summed E-state index contributed by atoms with van der Waals surface area (Å²) in [5.74, 6) is -0.479. The molecule has 0 radical (unpaired) electrons. The van der Waals surface area contributed by atoms with Crippen molar-refractivity contribution in [2.24, 2.45) is 0 Å². The number of nitrogens with zero attached hydrogens (tertiary/aromatic N) is 3. The topological polar surface area (TPSA) is 99.3 Å². The Kier molecular flexibility index (Phi) is 8.72. The number of rotatable bonds is 7. The van der Waals surface area contributed by atoms with Crippen LogP contribution in [0.15, 0.2) is 70.8 Å². The van der Waals surface area contributed by atoms with E-state index in [1.807, 2.05) is 31.2 Å². The lowest BCUT2D eigenvalue weighted by molar-refractivity contribution is -0.139. The van der Waals surface area contributed by atoms with Crippen molar-refractivity contribution in [3.05, 3.63) is 77.0 Å². The normalized spacial score (nSPS) is 21.4. The Hall–Kier alpha value is -3.21. The molecule has 2 aliphatic rings. The fourth-order valence-electron chi connectivity index (χ4n) is 5.28. The van der Waals surface area contributed by atoms with Crippen LogP contribution in [0.3, 0.4) is 0 Å². The molecule has 2 aliphatic heterocycles. The lowest BCUT2D eigenvalue weighted by Crippen LogP contribution is -2.56. The van der Waals surface area contributed by atoms with Gasteiger partial charge in [0.1, 0.15) is 0 Å². The van der Waals surface area contributed by atoms with Gasteiger partial charge in [-0.1, -0.05) is 63.2 Å². The lowest BCUT2D eigenvalue weighted by atomic mass is 9.85. The molecule has 1 fully saturated rings. The molecule has 2 atom stereocenters. The molecule has 40 heavy (non-hydrogen) atoms. The second kappa shape index (κ2) is 11.7. The van der Waals surface area contributed by atoms with Crippen molar-refractivity contribution >= 4 is 22.0 Å². The van der Waals surface area contributed by atoms with E-state index in [1.165, 1.54) is 9.21 Å². The van der Waals surface area contributed by atoms with Crippen molar-refractivity contribution < 1.29 is 22.7 Å². The van der Waals surface area contributed by atoms with E-state index in [4.69, 9.17) is 4.74 Å². The number of urea groups is 1. The van der Waals surface area contributed by atoms with E-state index < -0.39 is 22.0 Å². The largest absolute Gasteiger partial charge is 0.463 e. The third kappa shape index (κ3) is 6.09. The third-order valence-corrected chi connectivity index (χ3v) is 9.58. The number of likely N-dealkylation sites (N-methyl/N-ethyl adjacent to an activating group) is 1. The maximum atomic E-state index is 13.4. The zero-order chi connectivity index (χ0) is 29.2. The monoisotopic (exact) mass is 568 g/mol. The van der Waals surface area contributed by atoms with Gasteiger partial charge in [-0.2, -0.15) is 4.31 Å². The molecule has 216 valence electrons. The molecule has 0 bridgehead atoms. The average molecular weight is 569 g/mol. The van der Waals surface area contributed by atoms with Gasteiger partial charge < -0.3 is 10.1 Å². The molecule has 9 nitrogen and oxygen atoms in total. The van der Waals surface area contributed by atoms with E-state index in [1.54, 1.807) is 44.3 Å². The molecular weight excluding hydrogens is 528 g/mol. The van der Waals surface area contributed by atoms with Crippen LogP contribution in [0.2, 0.25) is 0 Å². The maximum Gasteiger partial charge on any atom is 0.338 e. The van der Waals surface area contributed by atoms with Crippen LogP contribution in [0.5, 0.6) is 0 Å². The predicted molar refractivity (Wildman–Crippen MR) is 154 cm³/mol. The number of hydrogen-bond acceptors (Lipinski definition) is 6. The van der Waals surface area contributed by atoms with Crippen LogP contribution in [-0.4, -0.2) is 80.4 Å². The summed E-state index contributed by atoms with van der Waals surface area (Å²) in [7, 11) is -1.99. The highest BCUT2D eigenvalue weighted by Gasteiger charge is 2.39. The van der Waals surface area contributed by atoms with E-state index in [2.05, 4.69) is 31.0 Å². The number of carbonyl (C=O) groups is 2. The van der Waals surface area contributed by atoms with Gasteiger partial charge >= 0.3 is 12.0 Å². The highest BCUT2D eigenvalue weighted by molar-refractivity contribution is 7.89. The highest BCUT2D eigenvalue weighted by atomic mass is 32.2. The quantitative estimate of drug-likeness (QED) is 0.509. The van der Waals surface area contributed by atoms with Gasteiger partial charge in [-0.15, -0.1) is 0 Å². The van der Waals surface area contributed by atoms with Crippen molar-refractivity contribution in [2.45, 2.75) is 57.0 Å². The van der Waals surface area contributed by atoms with Gasteiger partial charge in [0.15, 0.2) is 0 Å². The Labute approximate surface area is 237 Å². The Bertz CT molecular complexity index is 1370. The summed E-state index contributed by atoms with van der Waals surface area (Å²) < 4.78 is 33.5. The van der Waals surface area contributed by atoms with Crippen LogP contribution >= 0.6 is 0 Å². The molecule has 1 saturated heterocycles. The number of sulfonamides is 1. The second-order valence-corrected chi connectivity index (χ2v) is 13.3. The lowest BCUT2D eigenvalue weighted by Gasteiger charge is -2.41. The van der Waals surface area contributed by atoms with Crippen LogP contribution < -0.4 is 5.32 Å². The minimum Gasteiger partial charge on any atom is -0.463 e. The smallest absolute Gasteiger partial charge is 0.338 e. The van der Waals surface area contributed by atoms with Crippen LogP contribution in [0, 0.1) is 0 Å². The first kappa shape index (κ1) is 29.8. The molecule has 2 aromatic carbocycles. The molecule has 0 aromatic heterocycles. The number of carbonyl (C=O) groups excluding carboxylic acids is 2. The van der Waals surface area contributed by atoms with Gasteiger partial charge in [-0.05, 0) is 42.5 Å². The molecule has 2 unspecified atom stereocenters. The Balaban J connectivity index is 1.64. The summed E-state index contributed by atoms with van der Waals surface area (Å²) >= 11 is 0. The molecule has 1 N–H and O–H groups in total. The molecule has 4 rings (SSSR count). The molecule has 0 aliphatic carbocycles. The molecule has 0 saturated carbocycles.